The molecule has 6 aromatic rings. The summed E-state index contributed by atoms with van der Waals surface area (Å²) in [5, 5.41) is 16.5. The second-order valence-electron chi connectivity index (χ2n) is 10.5. The summed E-state index contributed by atoms with van der Waals surface area (Å²) < 4.78 is 63.8. The van der Waals surface area contributed by atoms with Gasteiger partial charge in [-0.05, 0) is 53.7 Å². The highest BCUT2D eigenvalue weighted by molar-refractivity contribution is 7.92. The van der Waals surface area contributed by atoms with Crippen LogP contribution in [-0.4, -0.2) is 82.2 Å². The topological polar surface area (TPSA) is 237 Å². The highest BCUT2D eigenvalue weighted by atomic mass is 35.5. The van der Waals surface area contributed by atoms with E-state index in [2.05, 4.69) is 50.6 Å². The van der Waals surface area contributed by atoms with Crippen LogP contribution in [0.1, 0.15) is 0 Å². The minimum atomic E-state index is -4.40. The second-order valence-corrected chi connectivity index (χ2v) is 12.6. The third-order valence-corrected chi connectivity index (χ3v) is 8.76. The molecular formula is C32H25ClN10O9S. The maximum Gasteiger partial charge on any atom is 0.412 e. The predicted octanol–water partition coefficient (Wildman–Crippen LogP) is 4.73. The van der Waals surface area contributed by atoms with Crippen molar-refractivity contribution in [3.63, 3.8) is 0 Å². The Kier molecular flexibility index (Phi) is 9.94. The van der Waals surface area contributed by atoms with Gasteiger partial charge in [0.1, 0.15) is 36.2 Å². The first-order chi connectivity index (χ1) is 25.8. The number of aromatic amines is 1. The summed E-state index contributed by atoms with van der Waals surface area (Å²) in [6.45, 7) is -0.603. The lowest BCUT2D eigenvalue weighted by atomic mass is 10.2. The van der Waals surface area contributed by atoms with Gasteiger partial charge in [0.2, 0.25) is 18.4 Å². The van der Waals surface area contributed by atoms with E-state index in [9.17, 15) is 13.2 Å². The molecule has 19 nitrogen and oxygen atoms in total. The normalized spacial score (nSPS) is 11.8. The van der Waals surface area contributed by atoms with Crippen molar-refractivity contribution in [3.8, 4) is 57.5 Å². The molecule has 53 heavy (non-hydrogen) atoms. The number of benzene rings is 2. The summed E-state index contributed by atoms with van der Waals surface area (Å²) in [7, 11) is -2.95. The van der Waals surface area contributed by atoms with Gasteiger partial charge in [-0.15, -0.1) is 10.2 Å². The van der Waals surface area contributed by atoms with Crippen molar-refractivity contribution in [1.29, 1.82) is 0 Å². The molecule has 0 radical (unpaired) electrons. The summed E-state index contributed by atoms with van der Waals surface area (Å²) in [6.07, 6.45) is 2.17. The number of tetrazole rings is 1. The molecule has 0 bridgehead atoms. The Morgan fingerprint density at radius 3 is 2.66 bits per heavy atom. The van der Waals surface area contributed by atoms with Gasteiger partial charge >= 0.3 is 6.09 Å². The Morgan fingerprint density at radius 1 is 0.962 bits per heavy atom. The van der Waals surface area contributed by atoms with E-state index in [0.29, 0.717) is 22.8 Å². The van der Waals surface area contributed by atoms with Gasteiger partial charge in [0.25, 0.3) is 15.9 Å². The van der Waals surface area contributed by atoms with Crippen molar-refractivity contribution in [2.45, 2.75) is 4.90 Å². The van der Waals surface area contributed by atoms with E-state index in [1.807, 2.05) is 0 Å². The van der Waals surface area contributed by atoms with Crippen molar-refractivity contribution in [3.05, 3.63) is 84.1 Å². The molecule has 2 aromatic carbocycles. The highest BCUT2D eigenvalue weighted by Gasteiger charge is 2.27. The Balaban J connectivity index is 1.28. The fourth-order valence-electron chi connectivity index (χ4n) is 4.66. The molecule has 0 unspecified atom stereocenters. The zero-order valence-electron chi connectivity index (χ0n) is 27.2. The highest BCUT2D eigenvalue weighted by Crippen LogP contribution is 2.43. The van der Waals surface area contributed by atoms with E-state index >= 15 is 0 Å². The number of carbonyl (C=O) groups excluding carboxylic acids is 1. The smallest absolute Gasteiger partial charge is 0.412 e. The summed E-state index contributed by atoms with van der Waals surface area (Å²) >= 11 is 6.49. The van der Waals surface area contributed by atoms with Gasteiger partial charge < -0.3 is 28.4 Å². The number of halogens is 1. The number of hydrogen-bond donors (Lipinski definition) is 3. The fraction of sp³-hybridized carbons (Fsp3) is 0.125. The molecule has 270 valence electrons. The molecule has 1 aliphatic heterocycles. The van der Waals surface area contributed by atoms with Gasteiger partial charge in [0.15, 0.2) is 23.1 Å². The van der Waals surface area contributed by atoms with E-state index in [1.165, 1.54) is 49.8 Å². The molecule has 1 aliphatic rings. The number of sulfonamides is 1. The maximum atomic E-state index is 13.9. The third-order valence-electron chi connectivity index (χ3n) is 7.11. The maximum absolute atomic E-state index is 13.9. The first kappa shape index (κ1) is 34.6. The van der Waals surface area contributed by atoms with Crippen molar-refractivity contribution < 1.29 is 41.6 Å². The Bertz CT molecular complexity index is 2370. The monoisotopic (exact) mass is 760 g/mol. The number of fused-ring (bicyclic) bond motifs is 1. The number of nitrogens with zero attached hydrogens (tertiary/aromatic N) is 7. The largest absolute Gasteiger partial charge is 0.497 e. The number of pyridine rings is 2. The number of aromatic nitrogens is 8. The van der Waals surface area contributed by atoms with E-state index in [-0.39, 0.29) is 76.3 Å². The molecule has 0 fully saturated rings. The average molecular weight is 761 g/mol. The quantitative estimate of drug-likeness (QED) is 0.135. The van der Waals surface area contributed by atoms with E-state index in [1.54, 1.807) is 36.4 Å². The van der Waals surface area contributed by atoms with Crippen LogP contribution >= 0.6 is 11.6 Å². The molecule has 0 atom stereocenters. The predicted molar refractivity (Wildman–Crippen MR) is 185 cm³/mol. The Morgan fingerprint density at radius 2 is 1.85 bits per heavy atom. The molecule has 4 aromatic heterocycles. The van der Waals surface area contributed by atoms with Crippen LogP contribution in [0.15, 0.2) is 84.0 Å². The van der Waals surface area contributed by atoms with Gasteiger partial charge in [-0.2, -0.15) is 10.2 Å². The van der Waals surface area contributed by atoms with Crippen molar-refractivity contribution in [2.75, 3.05) is 37.2 Å². The molecule has 21 heteroatoms. The van der Waals surface area contributed by atoms with Gasteiger partial charge in [-0.25, -0.2) is 23.2 Å². The lowest BCUT2D eigenvalue weighted by Gasteiger charge is -2.18. The van der Waals surface area contributed by atoms with Crippen LogP contribution < -0.4 is 33.7 Å². The summed E-state index contributed by atoms with van der Waals surface area (Å²) in [4.78, 5) is 29.6. The zero-order chi connectivity index (χ0) is 36.8. The number of methoxy groups -OCH3 is 1. The molecule has 0 spiro atoms. The lowest BCUT2D eigenvalue weighted by molar-refractivity contribution is 0.135. The number of nitrogens with one attached hydrogen (secondary N) is 3. The SMILES string of the molecule is COc1ccc(Cl)c(Oc2c(NS(=O)(=O)c3ccc4c(c3)OCO4)nc(-c3ccnc(-c4nn[nH]n4)c3)nc2OCCOC(=O)Nc2ccccn2)c1. The number of H-pyrrole nitrogens is 1. The molecule has 0 aliphatic carbocycles. The van der Waals surface area contributed by atoms with Crippen LogP contribution in [0.5, 0.6) is 34.6 Å². The van der Waals surface area contributed by atoms with Gasteiger partial charge in [0.05, 0.1) is 17.0 Å². The standard InChI is InChI=1S/C32H25ClN10O9S/c1-47-19-5-7-21(33)24(15-19)52-27-30(41-53(45,46)20-6-8-23-25(16-20)51-17-50-23)37-28(18-9-11-34-22(14-18)29-39-42-43-40-29)38-31(27)48-12-13-49-32(44)36-26-4-2-3-10-35-26/h2-11,14-16H,12-13,17H2,1H3,(H,35,36,44)(H,37,38,41)(H,39,40,42,43). The number of ether oxygens (including phenoxy) is 6. The Labute approximate surface area is 304 Å². The van der Waals surface area contributed by atoms with Crippen LogP contribution in [0.25, 0.3) is 22.9 Å². The molecule has 1 amide bonds. The molecule has 3 N–H and O–H groups in total. The molecule has 0 saturated carbocycles. The summed E-state index contributed by atoms with van der Waals surface area (Å²) in [5.41, 5.74) is 0.658. The average Bonchev–Trinajstić information content (AvgIpc) is 3.88. The second kappa shape index (κ2) is 15.2. The first-order valence-corrected chi connectivity index (χ1v) is 17.2. The van der Waals surface area contributed by atoms with E-state index in [4.69, 9.17) is 40.0 Å². The van der Waals surface area contributed by atoms with Gasteiger partial charge in [-0.1, -0.05) is 17.7 Å². The minimum Gasteiger partial charge on any atom is -0.497 e. The fourth-order valence-corrected chi connectivity index (χ4v) is 5.84. The van der Waals surface area contributed by atoms with E-state index in [0.717, 1.165) is 0 Å². The molecular weight excluding hydrogens is 736 g/mol. The van der Waals surface area contributed by atoms with Gasteiger partial charge in [-0.3, -0.25) is 15.0 Å². The lowest BCUT2D eigenvalue weighted by Crippen LogP contribution is -2.19. The van der Waals surface area contributed by atoms with E-state index < -0.39 is 16.1 Å². The van der Waals surface area contributed by atoms with Crippen LogP contribution in [0.2, 0.25) is 5.02 Å². The Hall–Kier alpha value is -6.80. The van der Waals surface area contributed by atoms with Crippen LogP contribution in [-0.2, 0) is 14.8 Å². The van der Waals surface area contributed by atoms with Crippen molar-refractivity contribution in [1.82, 2.24) is 40.6 Å². The number of anilines is 2. The van der Waals surface area contributed by atoms with Crippen molar-refractivity contribution >= 4 is 39.4 Å². The van der Waals surface area contributed by atoms with Crippen LogP contribution in [0.3, 0.4) is 0 Å². The van der Waals surface area contributed by atoms with Crippen LogP contribution in [0.4, 0.5) is 16.4 Å². The number of rotatable bonds is 13. The minimum absolute atomic E-state index is 0.0339. The third kappa shape index (κ3) is 8.08. The summed E-state index contributed by atoms with van der Waals surface area (Å²) in [6, 6.07) is 16.8. The van der Waals surface area contributed by atoms with Crippen molar-refractivity contribution in [2.24, 2.45) is 0 Å². The molecule has 5 heterocycles. The first-order valence-electron chi connectivity index (χ1n) is 15.3. The van der Waals surface area contributed by atoms with Crippen LogP contribution in [0, 0.1) is 0 Å². The zero-order valence-corrected chi connectivity index (χ0v) is 28.8. The number of amides is 1. The molecule has 7 rings (SSSR count). The van der Waals surface area contributed by atoms with Gasteiger partial charge in [0, 0.05) is 30.1 Å². The number of carbonyl (C=O) groups is 1. The summed E-state index contributed by atoms with van der Waals surface area (Å²) in [5.74, 6) is 0.561. The molecule has 0 saturated heterocycles. The number of hydrogen-bond acceptors (Lipinski definition) is 16.